The Hall–Kier alpha value is -2.17. The van der Waals surface area contributed by atoms with Gasteiger partial charge in [-0.15, -0.1) is 0 Å². The highest BCUT2D eigenvalue weighted by Crippen LogP contribution is 2.38. The lowest BCUT2D eigenvalue weighted by Gasteiger charge is -2.09. The van der Waals surface area contributed by atoms with Crippen LogP contribution in [-0.2, 0) is 6.42 Å². The van der Waals surface area contributed by atoms with E-state index < -0.39 is 0 Å². The number of rotatable bonds is 3. The van der Waals surface area contributed by atoms with Crippen molar-refractivity contribution in [3.8, 4) is 22.8 Å². The smallest absolute Gasteiger partial charge is 0.228 e. The fourth-order valence-corrected chi connectivity index (χ4v) is 2.52. The summed E-state index contributed by atoms with van der Waals surface area (Å²) < 4.78 is 16.2. The van der Waals surface area contributed by atoms with Gasteiger partial charge in [-0.1, -0.05) is 5.16 Å². The molecule has 1 aromatic heterocycles. The molecule has 0 saturated heterocycles. The lowest BCUT2D eigenvalue weighted by molar-refractivity contribution is 0.403. The van der Waals surface area contributed by atoms with Crippen molar-refractivity contribution in [2.75, 3.05) is 26.1 Å². The third-order valence-corrected chi connectivity index (χ3v) is 3.59. The molecule has 0 bridgehead atoms. The SMILES string of the molecule is COc1ccc(OC)c(-c2noc3c2CCCCN3)c1. The van der Waals surface area contributed by atoms with Gasteiger partial charge in [0.25, 0.3) is 0 Å². The average Bonchev–Trinajstić information content (AvgIpc) is 2.75. The summed E-state index contributed by atoms with van der Waals surface area (Å²) in [4.78, 5) is 0. The van der Waals surface area contributed by atoms with Gasteiger partial charge in [-0.05, 0) is 37.5 Å². The first-order chi connectivity index (χ1) is 9.83. The number of hydrogen-bond acceptors (Lipinski definition) is 5. The molecule has 2 aromatic rings. The number of methoxy groups -OCH3 is 2. The van der Waals surface area contributed by atoms with Crippen molar-refractivity contribution in [2.45, 2.75) is 19.3 Å². The molecular formula is C15H18N2O3. The van der Waals surface area contributed by atoms with Crippen molar-refractivity contribution >= 4 is 5.88 Å². The molecule has 20 heavy (non-hydrogen) atoms. The van der Waals surface area contributed by atoms with Crippen LogP contribution in [0.25, 0.3) is 11.3 Å². The van der Waals surface area contributed by atoms with Crippen molar-refractivity contribution in [3.63, 3.8) is 0 Å². The fraction of sp³-hybridized carbons (Fsp3) is 0.400. The topological polar surface area (TPSA) is 56.5 Å². The van der Waals surface area contributed by atoms with E-state index in [0.717, 1.165) is 60.0 Å². The van der Waals surface area contributed by atoms with Crippen LogP contribution in [0.4, 0.5) is 5.88 Å². The fourth-order valence-electron chi connectivity index (χ4n) is 2.52. The molecule has 0 saturated carbocycles. The van der Waals surface area contributed by atoms with Crippen LogP contribution in [0.15, 0.2) is 22.7 Å². The van der Waals surface area contributed by atoms with E-state index in [1.54, 1.807) is 14.2 Å². The highest BCUT2D eigenvalue weighted by molar-refractivity contribution is 5.74. The molecule has 0 aliphatic carbocycles. The Balaban J connectivity index is 2.10. The summed E-state index contributed by atoms with van der Waals surface area (Å²) >= 11 is 0. The summed E-state index contributed by atoms with van der Waals surface area (Å²) in [5.74, 6) is 2.33. The zero-order valence-corrected chi connectivity index (χ0v) is 11.7. The van der Waals surface area contributed by atoms with Crippen LogP contribution >= 0.6 is 0 Å². The molecule has 2 heterocycles. The van der Waals surface area contributed by atoms with E-state index in [-0.39, 0.29) is 0 Å². The highest BCUT2D eigenvalue weighted by atomic mass is 16.5. The van der Waals surface area contributed by atoms with Gasteiger partial charge >= 0.3 is 0 Å². The van der Waals surface area contributed by atoms with E-state index in [0.29, 0.717) is 0 Å². The molecule has 1 aliphatic rings. The highest BCUT2D eigenvalue weighted by Gasteiger charge is 2.22. The minimum atomic E-state index is 0.770. The molecule has 0 amide bonds. The Bertz CT molecular complexity index is 607. The number of fused-ring (bicyclic) bond motifs is 1. The number of anilines is 1. The maximum absolute atomic E-state index is 5.44. The molecule has 0 atom stereocenters. The lowest BCUT2D eigenvalue weighted by atomic mass is 10.0. The monoisotopic (exact) mass is 274 g/mol. The van der Waals surface area contributed by atoms with Gasteiger partial charge in [0.15, 0.2) is 0 Å². The van der Waals surface area contributed by atoms with Crippen LogP contribution < -0.4 is 14.8 Å². The van der Waals surface area contributed by atoms with Gasteiger partial charge < -0.3 is 19.3 Å². The summed E-state index contributed by atoms with van der Waals surface area (Å²) in [6.45, 7) is 0.927. The van der Waals surface area contributed by atoms with Crippen LogP contribution in [0.1, 0.15) is 18.4 Å². The van der Waals surface area contributed by atoms with Crippen LogP contribution in [0.3, 0.4) is 0 Å². The van der Waals surface area contributed by atoms with Gasteiger partial charge in [0.05, 0.1) is 14.2 Å². The normalized spacial score (nSPS) is 14.1. The average molecular weight is 274 g/mol. The largest absolute Gasteiger partial charge is 0.497 e. The standard InChI is InChI=1S/C15H18N2O3/c1-18-10-6-7-13(19-2)12(9-10)14-11-5-3-4-8-16-15(11)20-17-14/h6-7,9,16H,3-5,8H2,1-2H3. The van der Waals surface area contributed by atoms with E-state index in [1.165, 1.54) is 0 Å². The number of nitrogens with zero attached hydrogens (tertiary/aromatic N) is 1. The minimum absolute atomic E-state index is 0.770. The van der Waals surface area contributed by atoms with Crippen molar-refractivity contribution in [1.82, 2.24) is 5.16 Å². The summed E-state index contributed by atoms with van der Waals surface area (Å²) in [6.07, 6.45) is 3.22. The second-order valence-electron chi connectivity index (χ2n) is 4.79. The van der Waals surface area contributed by atoms with E-state index in [9.17, 15) is 0 Å². The van der Waals surface area contributed by atoms with Gasteiger partial charge in [-0.3, -0.25) is 0 Å². The molecule has 1 aromatic carbocycles. The van der Waals surface area contributed by atoms with Gasteiger partial charge in [0.1, 0.15) is 17.2 Å². The number of benzene rings is 1. The minimum Gasteiger partial charge on any atom is -0.497 e. The second kappa shape index (κ2) is 5.45. The van der Waals surface area contributed by atoms with Crippen molar-refractivity contribution in [1.29, 1.82) is 0 Å². The zero-order chi connectivity index (χ0) is 13.9. The predicted octanol–water partition coefficient (Wildman–Crippen LogP) is 3.11. The third-order valence-electron chi connectivity index (χ3n) is 3.59. The van der Waals surface area contributed by atoms with E-state index in [2.05, 4.69) is 10.5 Å². The Labute approximate surface area is 117 Å². The quantitative estimate of drug-likeness (QED) is 0.932. The van der Waals surface area contributed by atoms with Crippen molar-refractivity contribution in [3.05, 3.63) is 23.8 Å². The Morgan fingerprint density at radius 1 is 1.20 bits per heavy atom. The first-order valence-corrected chi connectivity index (χ1v) is 6.78. The number of hydrogen-bond donors (Lipinski definition) is 1. The van der Waals surface area contributed by atoms with E-state index in [4.69, 9.17) is 14.0 Å². The summed E-state index contributed by atoms with van der Waals surface area (Å²) in [6, 6.07) is 5.70. The molecule has 106 valence electrons. The van der Waals surface area contributed by atoms with Crippen LogP contribution in [-0.4, -0.2) is 25.9 Å². The Kier molecular flexibility index (Phi) is 3.50. The molecule has 5 heteroatoms. The molecule has 0 unspecified atom stereocenters. The summed E-state index contributed by atoms with van der Waals surface area (Å²) in [5, 5.41) is 7.50. The Morgan fingerprint density at radius 2 is 2.10 bits per heavy atom. The van der Waals surface area contributed by atoms with Crippen LogP contribution in [0.5, 0.6) is 11.5 Å². The molecule has 1 N–H and O–H groups in total. The number of ether oxygens (including phenoxy) is 2. The van der Waals surface area contributed by atoms with Crippen molar-refractivity contribution in [2.24, 2.45) is 0 Å². The summed E-state index contributed by atoms with van der Waals surface area (Å²) in [5.41, 5.74) is 2.86. The molecular weight excluding hydrogens is 256 g/mol. The molecule has 0 spiro atoms. The van der Waals surface area contributed by atoms with E-state index >= 15 is 0 Å². The predicted molar refractivity (Wildman–Crippen MR) is 76.5 cm³/mol. The number of aromatic nitrogens is 1. The lowest BCUT2D eigenvalue weighted by Crippen LogP contribution is -1.97. The maximum Gasteiger partial charge on any atom is 0.228 e. The van der Waals surface area contributed by atoms with Gasteiger partial charge in [0, 0.05) is 17.7 Å². The Morgan fingerprint density at radius 3 is 2.90 bits per heavy atom. The van der Waals surface area contributed by atoms with Gasteiger partial charge in [-0.25, -0.2) is 0 Å². The zero-order valence-electron chi connectivity index (χ0n) is 11.7. The molecule has 3 rings (SSSR count). The summed E-state index contributed by atoms with van der Waals surface area (Å²) in [7, 11) is 3.30. The van der Waals surface area contributed by atoms with E-state index in [1.807, 2.05) is 18.2 Å². The maximum atomic E-state index is 5.44. The van der Waals surface area contributed by atoms with Crippen LogP contribution in [0.2, 0.25) is 0 Å². The second-order valence-corrected chi connectivity index (χ2v) is 4.79. The molecule has 1 aliphatic heterocycles. The first-order valence-electron chi connectivity index (χ1n) is 6.78. The molecule has 5 nitrogen and oxygen atoms in total. The number of nitrogens with one attached hydrogen (secondary N) is 1. The molecule has 0 radical (unpaired) electrons. The third kappa shape index (κ3) is 2.19. The van der Waals surface area contributed by atoms with Crippen molar-refractivity contribution < 1.29 is 14.0 Å². The first kappa shape index (κ1) is 12.8. The van der Waals surface area contributed by atoms with Gasteiger partial charge in [0.2, 0.25) is 5.88 Å². The molecule has 0 fully saturated rings. The van der Waals surface area contributed by atoms with Gasteiger partial charge in [-0.2, -0.15) is 0 Å². The van der Waals surface area contributed by atoms with Crippen LogP contribution in [0, 0.1) is 0 Å².